The van der Waals surface area contributed by atoms with Gasteiger partial charge in [-0.05, 0) is 25.3 Å². The predicted molar refractivity (Wildman–Crippen MR) is 87.6 cm³/mol. The molecule has 114 valence electrons. The van der Waals surface area contributed by atoms with Gasteiger partial charge in [-0.3, -0.25) is 4.79 Å². The van der Waals surface area contributed by atoms with Crippen molar-refractivity contribution in [3.05, 3.63) is 42.5 Å². The van der Waals surface area contributed by atoms with Gasteiger partial charge in [-0.2, -0.15) is 0 Å². The first-order chi connectivity index (χ1) is 10.5. The van der Waals surface area contributed by atoms with Gasteiger partial charge in [0.05, 0.1) is 4.90 Å². The maximum absolute atomic E-state index is 11.6. The molecule has 0 saturated heterocycles. The highest BCUT2D eigenvalue weighted by Crippen LogP contribution is 2.41. The van der Waals surface area contributed by atoms with Crippen molar-refractivity contribution in [3.63, 3.8) is 0 Å². The standard InChI is InChI=1S/C17H16O4S/c1-5-16(19)21-17-12-7-6-10(2)8-13(12)14(20-11(3)18)9-15(17)22-4/h5-9H,1H2,2-4H3. The van der Waals surface area contributed by atoms with Crippen LogP contribution in [0.4, 0.5) is 0 Å². The molecule has 2 aromatic rings. The highest BCUT2D eigenvalue weighted by atomic mass is 32.2. The van der Waals surface area contributed by atoms with Crippen LogP contribution in [-0.4, -0.2) is 18.2 Å². The summed E-state index contributed by atoms with van der Waals surface area (Å²) >= 11 is 1.41. The van der Waals surface area contributed by atoms with Crippen LogP contribution in [-0.2, 0) is 9.59 Å². The van der Waals surface area contributed by atoms with E-state index in [9.17, 15) is 9.59 Å². The Morgan fingerprint density at radius 2 is 1.91 bits per heavy atom. The smallest absolute Gasteiger partial charge is 0.335 e. The van der Waals surface area contributed by atoms with Crippen LogP contribution < -0.4 is 9.47 Å². The van der Waals surface area contributed by atoms with Gasteiger partial charge < -0.3 is 9.47 Å². The van der Waals surface area contributed by atoms with Crippen LogP contribution in [0.3, 0.4) is 0 Å². The Bertz CT molecular complexity index is 765. The van der Waals surface area contributed by atoms with Gasteiger partial charge in [0.15, 0.2) is 5.75 Å². The fourth-order valence-corrected chi connectivity index (χ4v) is 2.66. The van der Waals surface area contributed by atoms with E-state index in [-0.39, 0.29) is 0 Å². The predicted octanol–water partition coefficient (Wildman–Crippen LogP) is 3.89. The van der Waals surface area contributed by atoms with Gasteiger partial charge >= 0.3 is 11.9 Å². The van der Waals surface area contributed by atoms with E-state index in [4.69, 9.17) is 9.47 Å². The molecule has 0 atom stereocenters. The molecule has 0 aliphatic rings. The lowest BCUT2D eigenvalue weighted by molar-refractivity contribution is -0.132. The summed E-state index contributed by atoms with van der Waals surface area (Å²) in [4.78, 5) is 23.6. The normalized spacial score (nSPS) is 10.3. The number of carbonyl (C=O) groups is 2. The summed E-state index contributed by atoms with van der Waals surface area (Å²) < 4.78 is 10.7. The van der Waals surface area contributed by atoms with Crippen molar-refractivity contribution in [1.82, 2.24) is 0 Å². The molecule has 0 fully saturated rings. The molecular weight excluding hydrogens is 300 g/mol. The number of aryl methyl sites for hydroxylation is 1. The van der Waals surface area contributed by atoms with E-state index in [1.54, 1.807) is 6.07 Å². The second-order valence-electron chi connectivity index (χ2n) is 4.67. The molecule has 0 aliphatic carbocycles. The summed E-state index contributed by atoms with van der Waals surface area (Å²) in [6.07, 6.45) is 2.97. The average molecular weight is 316 g/mol. The van der Waals surface area contributed by atoms with Crippen molar-refractivity contribution >= 4 is 34.5 Å². The molecule has 0 amide bonds. The van der Waals surface area contributed by atoms with Crippen molar-refractivity contribution in [2.75, 3.05) is 6.26 Å². The summed E-state index contributed by atoms with van der Waals surface area (Å²) in [6.45, 7) is 6.71. The Kier molecular flexibility index (Phi) is 4.88. The maximum Gasteiger partial charge on any atom is 0.335 e. The molecule has 2 aromatic carbocycles. The molecule has 0 N–H and O–H groups in total. The molecule has 0 radical (unpaired) electrons. The minimum atomic E-state index is -0.530. The number of hydrogen-bond donors (Lipinski definition) is 0. The molecule has 0 aliphatic heterocycles. The van der Waals surface area contributed by atoms with E-state index >= 15 is 0 Å². The van der Waals surface area contributed by atoms with Crippen molar-refractivity contribution in [2.45, 2.75) is 18.7 Å². The third-order valence-corrected chi connectivity index (χ3v) is 3.76. The highest BCUT2D eigenvalue weighted by molar-refractivity contribution is 7.98. The zero-order valence-electron chi connectivity index (χ0n) is 12.6. The van der Waals surface area contributed by atoms with Gasteiger partial charge in [0.2, 0.25) is 0 Å². The number of thioether (sulfide) groups is 1. The number of ether oxygens (including phenoxy) is 2. The van der Waals surface area contributed by atoms with Gasteiger partial charge in [-0.1, -0.05) is 24.3 Å². The number of benzene rings is 2. The summed E-state index contributed by atoms with van der Waals surface area (Å²) in [5.41, 5.74) is 1.01. The Morgan fingerprint density at radius 3 is 2.50 bits per heavy atom. The van der Waals surface area contributed by atoms with Crippen molar-refractivity contribution < 1.29 is 19.1 Å². The number of carbonyl (C=O) groups excluding carboxylic acids is 2. The maximum atomic E-state index is 11.6. The first kappa shape index (κ1) is 16.1. The van der Waals surface area contributed by atoms with E-state index in [0.717, 1.165) is 17.0 Å². The Hall–Kier alpha value is -2.27. The summed E-state index contributed by atoms with van der Waals surface area (Å²) in [7, 11) is 0. The van der Waals surface area contributed by atoms with Crippen LogP contribution in [0, 0.1) is 6.92 Å². The van der Waals surface area contributed by atoms with Gasteiger partial charge in [-0.25, -0.2) is 4.79 Å². The molecule has 0 bridgehead atoms. The second-order valence-corrected chi connectivity index (χ2v) is 5.52. The molecular formula is C17H16O4S. The van der Waals surface area contributed by atoms with Gasteiger partial charge in [-0.15, -0.1) is 11.8 Å². The third-order valence-electron chi connectivity index (χ3n) is 3.01. The number of esters is 2. The largest absolute Gasteiger partial charge is 0.426 e. The van der Waals surface area contributed by atoms with Crippen molar-refractivity contribution in [2.24, 2.45) is 0 Å². The number of hydrogen-bond acceptors (Lipinski definition) is 5. The SMILES string of the molecule is C=CC(=O)Oc1c(SC)cc(OC(C)=O)c2cc(C)ccc12. The molecule has 0 unspecified atom stereocenters. The molecule has 0 aromatic heterocycles. The first-order valence-electron chi connectivity index (χ1n) is 6.60. The van der Waals surface area contributed by atoms with E-state index < -0.39 is 11.9 Å². The van der Waals surface area contributed by atoms with Crippen LogP contribution in [0.15, 0.2) is 41.8 Å². The summed E-state index contributed by atoms with van der Waals surface area (Å²) in [5, 5.41) is 1.43. The van der Waals surface area contributed by atoms with Gasteiger partial charge in [0.25, 0.3) is 0 Å². The Morgan fingerprint density at radius 1 is 1.18 bits per heavy atom. The van der Waals surface area contributed by atoms with Crippen molar-refractivity contribution in [1.29, 1.82) is 0 Å². The lowest BCUT2D eigenvalue weighted by Crippen LogP contribution is -2.06. The van der Waals surface area contributed by atoms with Crippen LogP contribution >= 0.6 is 11.8 Å². The lowest BCUT2D eigenvalue weighted by atomic mass is 10.1. The van der Waals surface area contributed by atoms with Crippen LogP contribution in [0.25, 0.3) is 10.8 Å². The molecule has 22 heavy (non-hydrogen) atoms. The molecule has 0 spiro atoms. The Balaban J connectivity index is 2.75. The zero-order chi connectivity index (χ0) is 16.3. The Labute approximate surface area is 133 Å². The third kappa shape index (κ3) is 3.31. The van der Waals surface area contributed by atoms with Crippen molar-refractivity contribution in [3.8, 4) is 11.5 Å². The fraction of sp³-hybridized carbons (Fsp3) is 0.176. The molecule has 4 nitrogen and oxygen atoms in total. The summed E-state index contributed by atoms with van der Waals surface area (Å²) in [5.74, 6) is -0.0274. The number of fused-ring (bicyclic) bond motifs is 1. The zero-order valence-corrected chi connectivity index (χ0v) is 13.5. The lowest BCUT2D eigenvalue weighted by Gasteiger charge is -2.14. The van der Waals surface area contributed by atoms with E-state index in [2.05, 4.69) is 6.58 Å². The number of rotatable bonds is 4. The minimum absolute atomic E-state index is 0.398. The van der Waals surface area contributed by atoms with Gasteiger partial charge in [0.1, 0.15) is 5.75 Å². The molecule has 5 heteroatoms. The average Bonchev–Trinajstić information content (AvgIpc) is 2.48. The van der Waals surface area contributed by atoms with Crippen LogP contribution in [0.5, 0.6) is 11.5 Å². The topological polar surface area (TPSA) is 52.6 Å². The van der Waals surface area contributed by atoms with Gasteiger partial charge in [0, 0.05) is 23.8 Å². The van der Waals surface area contributed by atoms with Crippen LogP contribution in [0.2, 0.25) is 0 Å². The van der Waals surface area contributed by atoms with E-state index in [1.165, 1.54) is 18.7 Å². The highest BCUT2D eigenvalue weighted by Gasteiger charge is 2.17. The molecule has 0 saturated carbocycles. The van der Waals surface area contributed by atoms with E-state index in [1.807, 2.05) is 31.4 Å². The molecule has 2 rings (SSSR count). The summed E-state index contributed by atoms with van der Waals surface area (Å²) in [6, 6.07) is 7.36. The monoisotopic (exact) mass is 316 g/mol. The first-order valence-corrected chi connectivity index (χ1v) is 7.82. The van der Waals surface area contributed by atoms with E-state index in [0.29, 0.717) is 21.8 Å². The minimum Gasteiger partial charge on any atom is -0.426 e. The van der Waals surface area contributed by atoms with Crippen LogP contribution in [0.1, 0.15) is 12.5 Å². The second kappa shape index (κ2) is 6.66. The fourth-order valence-electron chi connectivity index (χ4n) is 2.09. The molecule has 0 heterocycles. The quantitative estimate of drug-likeness (QED) is 0.371.